The van der Waals surface area contributed by atoms with Crippen molar-refractivity contribution in [2.24, 2.45) is 10.9 Å². The number of para-hydroxylation sites is 1. The Bertz CT molecular complexity index is 570. The fourth-order valence-electron chi connectivity index (χ4n) is 2.99. The van der Waals surface area contributed by atoms with E-state index in [1.807, 2.05) is 12.1 Å². The number of benzene rings is 1. The molecule has 0 aromatic heterocycles. The quantitative estimate of drug-likeness (QED) is 0.450. The standard InChI is InChI=1S/C20H33N3O2/c1-15(2)14-24-12-8-11-22-19(21-5)23-17-13-20(3,4)25-18-10-7-6-9-16(17)18/h6-7,9-10,15,17H,8,11-14H2,1-5H3,(H2,21,22,23). The normalized spacial score (nSPS) is 19.3. The lowest BCUT2D eigenvalue weighted by Crippen LogP contribution is -2.45. The molecule has 0 aliphatic carbocycles. The molecular weight excluding hydrogens is 314 g/mol. The first-order valence-electron chi connectivity index (χ1n) is 9.24. The van der Waals surface area contributed by atoms with E-state index in [2.05, 4.69) is 55.5 Å². The number of hydrogen-bond acceptors (Lipinski definition) is 3. The number of hydrogen-bond donors (Lipinski definition) is 2. The predicted molar refractivity (Wildman–Crippen MR) is 103 cm³/mol. The third-order valence-corrected chi connectivity index (χ3v) is 4.12. The fraction of sp³-hybridized carbons (Fsp3) is 0.650. The molecule has 0 bridgehead atoms. The molecule has 1 aromatic rings. The second-order valence-corrected chi connectivity index (χ2v) is 7.62. The highest BCUT2D eigenvalue weighted by molar-refractivity contribution is 5.80. The maximum Gasteiger partial charge on any atom is 0.191 e. The highest BCUT2D eigenvalue weighted by Gasteiger charge is 2.33. The average Bonchev–Trinajstić information content (AvgIpc) is 2.55. The van der Waals surface area contributed by atoms with E-state index in [4.69, 9.17) is 9.47 Å². The molecule has 1 aliphatic rings. The van der Waals surface area contributed by atoms with Gasteiger partial charge in [-0.3, -0.25) is 4.99 Å². The second kappa shape index (κ2) is 9.09. The van der Waals surface area contributed by atoms with Crippen LogP contribution in [0.1, 0.15) is 52.1 Å². The molecule has 0 radical (unpaired) electrons. The van der Waals surface area contributed by atoms with Crippen LogP contribution in [-0.4, -0.2) is 38.4 Å². The van der Waals surface area contributed by atoms with Gasteiger partial charge in [-0.2, -0.15) is 0 Å². The number of rotatable bonds is 7. The van der Waals surface area contributed by atoms with Crippen LogP contribution in [0.4, 0.5) is 0 Å². The largest absolute Gasteiger partial charge is 0.487 e. The monoisotopic (exact) mass is 347 g/mol. The third-order valence-electron chi connectivity index (χ3n) is 4.12. The first-order chi connectivity index (χ1) is 11.9. The molecule has 5 nitrogen and oxygen atoms in total. The summed E-state index contributed by atoms with van der Waals surface area (Å²) >= 11 is 0. The molecule has 0 amide bonds. The summed E-state index contributed by atoms with van der Waals surface area (Å²) in [5, 5.41) is 6.93. The van der Waals surface area contributed by atoms with E-state index in [9.17, 15) is 0 Å². The Kier molecular flexibility index (Phi) is 7.12. The van der Waals surface area contributed by atoms with Gasteiger partial charge in [-0.1, -0.05) is 32.0 Å². The molecule has 1 aliphatic heterocycles. The number of guanidine groups is 1. The Balaban J connectivity index is 1.86. The second-order valence-electron chi connectivity index (χ2n) is 7.62. The Morgan fingerprint density at radius 2 is 2.12 bits per heavy atom. The Morgan fingerprint density at radius 1 is 1.36 bits per heavy atom. The fourth-order valence-corrected chi connectivity index (χ4v) is 2.99. The minimum Gasteiger partial charge on any atom is -0.487 e. The molecule has 2 N–H and O–H groups in total. The van der Waals surface area contributed by atoms with Crippen molar-refractivity contribution in [2.45, 2.75) is 52.2 Å². The van der Waals surface area contributed by atoms with Crippen molar-refractivity contribution >= 4 is 5.96 Å². The molecule has 0 spiro atoms. The zero-order chi connectivity index (χ0) is 18.3. The average molecular weight is 348 g/mol. The number of nitrogens with zero attached hydrogens (tertiary/aromatic N) is 1. The van der Waals surface area contributed by atoms with Crippen molar-refractivity contribution in [1.82, 2.24) is 10.6 Å². The maximum atomic E-state index is 6.09. The van der Waals surface area contributed by atoms with Gasteiger partial charge < -0.3 is 20.1 Å². The van der Waals surface area contributed by atoms with Crippen molar-refractivity contribution in [3.63, 3.8) is 0 Å². The first-order valence-corrected chi connectivity index (χ1v) is 9.24. The first kappa shape index (κ1) is 19.6. The minimum atomic E-state index is -0.199. The molecule has 0 saturated heterocycles. The van der Waals surface area contributed by atoms with Crippen LogP contribution in [0.25, 0.3) is 0 Å². The van der Waals surface area contributed by atoms with E-state index < -0.39 is 0 Å². The molecule has 25 heavy (non-hydrogen) atoms. The summed E-state index contributed by atoms with van der Waals surface area (Å²) in [6.07, 6.45) is 1.85. The zero-order valence-electron chi connectivity index (χ0n) is 16.3. The van der Waals surface area contributed by atoms with Gasteiger partial charge in [-0.05, 0) is 32.3 Å². The topological polar surface area (TPSA) is 54.9 Å². The SMILES string of the molecule is CN=C(NCCCOCC(C)C)NC1CC(C)(C)Oc2ccccc21. The van der Waals surface area contributed by atoms with Crippen LogP contribution >= 0.6 is 0 Å². The van der Waals surface area contributed by atoms with Gasteiger partial charge in [0, 0.05) is 38.8 Å². The molecule has 5 heteroatoms. The van der Waals surface area contributed by atoms with Crippen molar-refractivity contribution < 1.29 is 9.47 Å². The van der Waals surface area contributed by atoms with Gasteiger partial charge >= 0.3 is 0 Å². The van der Waals surface area contributed by atoms with E-state index in [-0.39, 0.29) is 11.6 Å². The van der Waals surface area contributed by atoms with Crippen molar-refractivity contribution in [2.75, 3.05) is 26.8 Å². The molecule has 1 aromatic carbocycles. The lowest BCUT2D eigenvalue weighted by atomic mass is 9.90. The molecular formula is C20H33N3O2. The van der Waals surface area contributed by atoms with Crippen LogP contribution < -0.4 is 15.4 Å². The van der Waals surface area contributed by atoms with Gasteiger partial charge in [0.2, 0.25) is 0 Å². The van der Waals surface area contributed by atoms with Gasteiger partial charge in [-0.25, -0.2) is 0 Å². The molecule has 1 heterocycles. The Morgan fingerprint density at radius 3 is 2.84 bits per heavy atom. The minimum absolute atomic E-state index is 0.184. The van der Waals surface area contributed by atoms with Crippen LogP contribution in [0.5, 0.6) is 5.75 Å². The highest BCUT2D eigenvalue weighted by atomic mass is 16.5. The molecule has 1 unspecified atom stereocenters. The van der Waals surface area contributed by atoms with E-state index in [0.29, 0.717) is 5.92 Å². The third kappa shape index (κ3) is 6.24. The van der Waals surface area contributed by atoms with Gasteiger partial charge in [0.25, 0.3) is 0 Å². The van der Waals surface area contributed by atoms with Crippen molar-refractivity contribution in [1.29, 1.82) is 0 Å². The number of nitrogens with one attached hydrogen (secondary N) is 2. The summed E-state index contributed by atoms with van der Waals surface area (Å²) < 4.78 is 11.7. The lowest BCUT2D eigenvalue weighted by Gasteiger charge is -2.38. The van der Waals surface area contributed by atoms with Crippen LogP contribution in [-0.2, 0) is 4.74 Å². The van der Waals surface area contributed by atoms with Crippen LogP contribution in [0.15, 0.2) is 29.3 Å². The summed E-state index contributed by atoms with van der Waals surface area (Å²) in [6, 6.07) is 8.41. The summed E-state index contributed by atoms with van der Waals surface area (Å²) in [5.41, 5.74) is 0.986. The van der Waals surface area contributed by atoms with Crippen molar-refractivity contribution in [3.05, 3.63) is 29.8 Å². The smallest absolute Gasteiger partial charge is 0.191 e. The number of ether oxygens (including phenoxy) is 2. The summed E-state index contributed by atoms with van der Waals surface area (Å²) in [6.45, 7) is 11.0. The van der Waals surface area contributed by atoms with E-state index in [0.717, 1.165) is 44.3 Å². The van der Waals surface area contributed by atoms with Gasteiger partial charge in [-0.15, -0.1) is 0 Å². The molecule has 140 valence electrons. The van der Waals surface area contributed by atoms with Gasteiger partial charge in [0.1, 0.15) is 11.4 Å². The van der Waals surface area contributed by atoms with E-state index in [1.165, 1.54) is 5.56 Å². The zero-order valence-corrected chi connectivity index (χ0v) is 16.3. The van der Waals surface area contributed by atoms with Gasteiger partial charge in [0.05, 0.1) is 6.04 Å². The summed E-state index contributed by atoms with van der Waals surface area (Å²) in [5.74, 6) is 2.36. The predicted octanol–water partition coefficient (Wildman–Crippen LogP) is 3.52. The van der Waals surface area contributed by atoms with Crippen LogP contribution in [0, 0.1) is 5.92 Å². The van der Waals surface area contributed by atoms with Crippen LogP contribution in [0.3, 0.4) is 0 Å². The Hall–Kier alpha value is -1.75. The maximum absolute atomic E-state index is 6.09. The summed E-state index contributed by atoms with van der Waals surface area (Å²) in [7, 11) is 1.81. The molecule has 2 rings (SSSR count). The van der Waals surface area contributed by atoms with E-state index in [1.54, 1.807) is 7.05 Å². The van der Waals surface area contributed by atoms with Crippen LogP contribution in [0.2, 0.25) is 0 Å². The number of fused-ring (bicyclic) bond motifs is 1. The number of aliphatic imine (C=N–C) groups is 1. The Labute approximate surface area is 152 Å². The van der Waals surface area contributed by atoms with Crippen molar-refractivity contribution in [3.8, 4) is 5.75 Å². The highest BCUT2D eigenvalue weighted by Crippen LogP contribution is 2.39. The lowest BCUT2D eigenvalue weighted by molar-refractivity contribution is 0.0694. The van der Waals surface area contributed by atoms with E-state index >= 15 is 0 Å². The summed E-state index contributed by atoms with van der Waals surface area (Å²) in [4.78, 5) is 4.36. The molecule has 0 saturated carbocycles. The molecule has 0 fully saturated rings. The molecule has 1 atom stereocenters. The van der Waals surface area contributed by atoms with Gasteiger partial charge in [0.15, 0.2) is 5.96 Å².